The van der Waals surface area contributed by atoms with Crippen LogP contribution >= 0.6 is 12.6 Å². The quantitative estimate of drug-likeness (QED) is 0.157. The van der Waals surface area contributed by atoms with Crippen LogP contribution in [0.25, 0.3) is 0 Å². The molecule has 1 aromatic rings. The van der Waals surface area contributed by atoms with Crippen LogP contribution in [0, 0.1) is 13.8 Å². The third-order valence-corrected chi connectivity index (χ3v) is 5.57. The normalized spacial score (nSPS) is 12.5. The fraction of sp³-hybridized carbons (Fsp3) is 0.556. The molecule has 9 nitrogen and oxygen atoms in total. The van der Waals surface area contributed by atoms with Gasteiger partial charge in [0.25, 0.3) is 10.1 Å². The summed E-state index contributed by atoms with van der Waals surface area (Å²) in [5, 5.41) is 4.79. The molecule has 0 heterocycles. The monoisotopic (exact) mass is 465 g/mol. The van der Waals surface area contributed by atoms with Crippen molar-refractivity contribution in [3.05, 3.63) is 23.3 Å². The first kappa shape index (κ1) is 26.1. The van der Waals surface area contributed by atoms with E-state index in [2.05, 4.69) is 23.3 Å². The Balaban J connectivity index is 2.26. The Morgan fingerprint density at radius 2 is 1.80 bits per heavy atom. The number of nitrogens with one attached hydrogen (secondary N) is 2. The summed E-state index contributed by atoms with van der Waals surface area (Å²) in [6.45, 7) is 4.29. The summed E-state index contributed by atoms with van der Waals surface area (Å²) in [5.74, 6) is -1.53. The highest BCUT2D eigenvalue weighted by atomic mass is 32.2. The molecule has 1 atom stereocenters. The van der Waals surface area contributed by atoms with Crippen LogP contribution in [-0.2, 0) is 19.7 Å². The van der Waals surface area contributed by atoms with Crippen molar-refractivity contribution in [2.75, 3.05) is 32.5 Å². The summed E-state index contributed by atoms with van der Waals surface area (Å²) in [6, 6.07) is 2.07. The maximum absolute atomic E-state index is 13.3. The average Bonchev–Trinajstić information content (AvgIpc) is 2.63. The van der Waals surface area contributed by atoms with Gasteiger partial charge in [-0.25, -0.2) is 0 Å². The summed E-state index contributed by atoms with van der Waals surface area (Å²) in [7, 11) is -3.66. The Morgan fingerprint density at radius 1 is 1.23 bits per heavy atom. The number of hydrogen-bond acceptors (Lipinski definition) is 7. The smallest absolute Gasteiger partial charge is 0.267 e. The van der Waals surface area contributed by atoms with Crippen LogP contribution in [0.15, 0.2) is 17.0 Å². The number of aryl methyl sites for hydroxylation is 2. The predicted molar refractivity (Wildman–Crippen MR) is 113 cm³/mol. The molecular weight excluding hydrogens is 437 g/mol. The Labute approximate surface area is 181 Å². The number of ether oxygens (including phenoxy) is 1. The Kier molecular flexibility index (Phi) is 10.5. The molecule has 0 aliphatic heterocycles. The third kappa shape index (κ3) is 9.74. The van der Waals surface area contributed by atoms with Crippen molar-refractivity contribution in [1.82, 2.24) is 15.8 Å². The molecule has 0 saturated carbocycles. The average molecular weight is 466 g/mol. The standard InChI is InChI=1S/C18H28FN3O6S2/c1-12-9-14(10-13(2)17(12)29)28-8-4-5-16(23)20-6-7-21-18(24)15(22(3)19)11-30(25,26)27/h9-10,15,29H,4-8,11H2,1-3H3,(H,20,23)(H,21,24)(H,25,26,27). The lowest BCUT2D eigenvalue weighted by Gasteiger charge is -2.18. The van der Waals surface area contributed by atoms with Crippen LogP contribution in [-0.4, -0.2) is 68.4 Å². The minimum Gasteiger partial charge on any atom is -0.494 e. The molecule has 0 aliphatic carbocycles. The van der Waals surface area contributed by atoms with Crippen LogP contribution in [0.1, 0.15) is 24.0 Å². The lowest BCUT2D eigenvalue weighted by atomic mass is 10.1. The summed E-state index contributed by atoms with van der Waals surface area (Å²) in [6.07, 6.45) is 0.706. The molecule has 170 valence electrons. The van der Waals surface area contributed by atoms with E-state index in [0.717, 1.165) is 23.1 Å². The summed E-state index contributed by atoms with van der Waals surface area (Å²) in [4.78, 5) is 24.5. The first-order valence-electron chi connectivity index (χ1n) is 9.22. The van der Waals surface area contributed by atoms with Crippen molar-refractivity contribution in [1.29, 1.82) is 0 Å². The molecule has 0 saturated heterocycles. The van der Waals surface area contributed by atoms with Gasteiger partial charge in [0, 0.05) is 31.5 Å². The van der Waals surface area contributed by atoms with Crippen LogP contribution in [0.2, 0.25) is 0 Å². The lowest BCUT2D eigenvalue weighted by molar-refractivity contribution is -0.131. The van der Waals surface area contributed by atoms with E-state index in [9.17, 15) is 22.5 Å². The molecule has 0 aliphatic rings. The number of hydrogen-bond donors (Lipinski definition) is 4. The van der Waals surface area contributed by atoms with E-state index in [1.54, 1.807) is 0 Å². The van der Waals surface area contributed by atoms with E-state index in [0.29, 0.717) is 18.8 Å². The zero-order valence-electron chi connectivity index (χ0n) is 17.1. The number of benzene rings is 1. The van der Waals surface area contributed by atoms with Gasteiger partial charge in [0.2, 0.25) is 11.8 Å². The number of nitrogens with zero attached hydrogens (tertiary/aromatic N) is 1. The molecule has 3 N–H and O–H groups in total. The van der Waals surface area contributed by atoms with E-state index in [4.69, 9.17) is 9.29 Å². The van der Waals surface area contributed by atoms with Crippen LogP contribution in [0.3, 0.4) is 0 Å². The fourth-order valence-electron chi connectivity index (χ4n) is 2.56. The minimum atomic E-state index is -4.53. The molecule has 0 aromatic heterocycles. The fourth-order valence-corrected chi connectivity index (χ4v) is 3.44. The maximum atomic E-state index is 13.3. The largest absolute Gasteiger partial charge is 0.494 e. The molecule has 1 unspecified atom stereocenters. The van der Waals surface area contributed by atoms with Crippen LogP contribution in [0.4, 0.5) is 4.48 Å². The van der Waals surface area contributed by atoms with E-state index < -0.39 is 27.8 Å². The van der Waals surface area contributed by atoms with Crippen molar-refractivity contribution in [3.8, 4) is 5.75 Å². The van der Waals surface area contributed by atoms with Gasteiger partial charge in [-0.05, 0) is 43.5 Å². The highest BCUT2D eigenvalue weighted by molar-refractivity contribution is 7.85. The number of amides is 2. The second-order valence-corrected chi connectivity index (χ2v) is 8.73. The molecule has 30 heavy (non-hydrogen) atoms. The molecule has 12 heteroatoms. The summed E-state index contributed by atoms with van der Waals surface area (Å²) >= 11 is 4.39. The topological polar surface area (TPSA) is 125 Å². The van der Waals surface area contributed by atoms with Crippen molar-refractivity contribution >= 4 is 34.6 Å². The van der Waals surface area contributed by atoms with Crippen molar-refractivity contribution in [2.24, 2.45) is 0 Å². The Hall–Kier alpha value is -1.89. The summed E-state index contributed by atoms with van der Waals surface area (Å²) in [5.41, 5.74) is 2.01. The van der Waals surface area contributed by atoms with Gasteiger partial charge in [0.15, 0.2) is 0 Å². The molecule has 1 aromatic carbocycles. The van der Waals surface area contributed by atoms with Gasteiger partial charge in [0.05, 0.1) is 6.61 Å². The number of likely N-dealkylation sites (N-methyl/N-ethyl adjacent to an activating group) is 1. The number of thiol groups is 1. The van der Waals surface area contributed by atoms with Crippen LogP contribution < -0.4 is 15.4 Å². The minimum absolute atomic E-state index is 0.0223. The molecule has 0 spiro atoms. The van der Waals surface area contributed by atoms with Gasteiger partial charge in [0.1, 0.15) is 17.5 Å². The number of rotatable bonds is 12. The van der Waals surface area contributed by atoms with Gasteiger partial charge in [-0.3, -0.25) is 14.1 Å². The number of carbonyl (C=O) groups is 2. The van der Waals surface area contributed by atoms with Gasteiger partial charge in [-0.2, -0.15) is 8.42 Å². The Bertz CT molecular complexity index is 825. The molecule has 2 amide bonds. The molecule has 0 fully saturated rings. The number of carbonyl (C=O) groups excluding carboxylic acids is 2. The highest BCUT2D eigenvalue weighted by Crippen LogP contribution is 2.24. The van der Waals surface area contributed by atoms with Gasteiger partial charge < -0.3 is 15.4 Å². The maximum Gasteiger partial charge on any atom is 0.267 e. The summed E-state index contributed by atoms with van der Waals surface area (Å²) < 4.78 is 49.4. The van der Waals surface area contributed by atoms with E-state index in [1.165, 1.54) is 0 Å². The molecule has 0 bridgehead atoms. The van der Waals surface area contributed by atoms with E-state index in [-0.39, 0.29) is 30.5 Å². The first-order valence-corrected chi connectivity index (χ1v) is 11.3. The first-order chi connectivity index (χ1) is 13.9. The van der Waals surface area contributed by atoms with Gasteiger partial charge in [-0.15, -0.1) is 22.2 Å². The molecule has 0 radical (unpaired) electrons. The van der Waals surface area contributed by atoms with Gasteiger partial charge >= 0.3 is 0 Å². The third-order valence-electron chi connectivity index (χ3n) is 4.13. The second kappa shape index (κ2) is 12.1. The Morgan fingerprint density at radius 3 is 2.33 bits per heavy atom. The lowest BCUT2D eigenvalue weighted by Crippen LogP contribution is -2.47. The van der Waals surface area contributed by atoms with Crippen molar-refractivity contribution in [3.63, 3.8) is 0 Å². The SMILES string of the molecule is Cc1cc(OCCCC(=O)NCCNC(=O)C(CS(=O)(=O)O)N(C)F)cc(C)c1S. The van der Waals surface area contributed by atoms with E-state index >= 15 is 0 Å². The van der Waals surface area contributed by atoms with Crippen LogP contribution in [0.5, 0.6) is 5.75 Å². The van der Waals surface area contributed by atoms with Gasteiger partial charge in [-0.1, -0.05) is 0 Å². The zero-order chi connectivity index (χ0) is 22.9. The number of halogens is 1. The highest BCUT2D eigenvalue weighted by Gasteiger charge is 2.28. The molecule has 1 rings (SSSR count). The predicted octanol–water partition coefficient (Wildman–Crippen LogP) is 1.06. The zero-order valence-corrected chi connectivity index (χ0v) is 18.9. The van der Waals surface area contributed by atoms with E-state index in [1.807, 2.05) is 26.0 Å². The van der Waals surface area contributed by atoms with Crippen molar-refractivity contribution in [2.45, 2.75) is 37.6 Å². The van der Waals surface area contributed by atoms with Crippen molar-refractivity contribution < 1.29 is 31.8 Å². The molecular formula is C18H28FN3O6S2. The second-order valence-electron chi connectivity index (χ2n) is 6.79.